The van der Waals surface area contributed by atoms with Crippen LogP contribution in [0.2, 0.25) is 0 Å². The predicted molar refractivity (Wildman–Crippen MR) is 191 cm³/mol. The van der Waals surface area contributed by atoms with Crippen molar-refractivity contribution in [2.75, 3.05) is 0 Å². The Morgan fingerprint density at radius 2 is 0.933 bits per heavy atom. The SMILES string of the molecule is c1ccc(-c2ccc(-n3c4cccc5c4c4c(cc6ccccc6c43)-c3cccc4cccc-5c34)cc2-c2ccccc2)cc1. The van der Waals surface area contributed by atoms with E-state index in [1.807, 2.05) is 0 Å². The van der Waals surface area contributed by atoms with Crippen molar-refractivity contribution in [2.45, 2.75) is 0 Å². The molecule has 0 spiro atoms. The quantitative estimate of drug-likeness (QED) is 0.199. The molecule has 9 aromatic rings. The minimum atomic E-state index is 1.17. The van der Waals surface area contributed by atoms with Gasteiger partial charge in [0.25, 0.3) is 0 Å². The first-order valence-electron chi connectivity index (χ1n) is 15.6. The molecule has 0 bridgehead atoms. The van der Waals surface area contributed by atoms with Crippen molar-refractivity contribution < 1.29 is 0 Å². The second-order valence-corrected chi connectivity index (χ2v) is 12.1. The first-order valence-corrected chi connectivity index (χ1v) is 15.6. The summed E-state index contributed by atoms with van der Waals surface area (Å²) in [5.41, 5.74) is 13.8. The van der Waals surface area contributed by atoms with E-state index in [0.717, 1.165) is 0 Å². The highest BCUT2D eigenvalue weighted by Crippen LogP contribution is 2.51. The summed E-state index contributed by atoms with van der Waals surface area (Å²) in [6.45, 7) is 0. The maximum Gasteiger partial charge on any atom is 0.0625 e. The summed E-state index contributed by atoms with van der Waals surface area (Å²) >= 11 is 0. The van der Waals surface area contributed by atoms with Gasteiger partial charge in [-0.25, -0.2) is 0 Å². The van der Waals surface area contributed by atoms with E-state index in [0.29, 0.717) is 0 Å². The van der Waals surface area contributed by atoms with Crippen molar-refractivity contribution in [1.82, 2.24) is 4.57 Å². The fourth-order valence-corrected chi connectivity index (χ4v) is 7.82. The van der Waals surface area contributed by atoms with E-state index in [-0.39, 0.29) is 0 Å². The van der Waals surface area contributed by atoms with Crippen LogP contribution in [0.1, 0.15) is 0 Å². The largest absolute Gasteiger partial charge is 0.309 e. The second-order valence-electron chi connectivity index (χ2n) is 12.1. The molecule has 1 aliphatic rings. The highest BCUT2D eigenvalue weighted by Gasteiger charge is 2.26. The number of benzene rings is 8. The molecule has 1 aromatic heterocycles. The van der Waals surface area contributed by atoms with Gasteiger partial charge in [-0.2, -0.15) is 0 Å². The molecule has 8 aromatic carbocycles. The minimum Gasteiger partial charge on any atom is -0.309 e. The summed E-state index contributed by atoms with van der Waals surface area (Å²) in [4.78, 5) is 0. The molecule has 0 saturated carbocycles. The van der Waals surface area contributed by atoms with Crippen LogP contribution < -0.4 is 0 Å². The Bertz CT molecular complexity index is 2620. The Labute approximate surface area is 261 Å². The third-order valence-corrected chi connectivity index (χ3v) is 9.69. The molecule has 10 rings (SSSR count). The van der Waals surface area contributed by atoms with Crippen LogP contribution in [0.5, 0.6) is 0 Å². The van der Waals surface area contributed by atoms with Gasteiger partial charge in [-0.05, 0) is 84.9 Å². The molecule has 0 atom stereocenters. The number of nitrogens with zero attached hydrogens (tertiary/aromatic N) is 1. The van der Waals surface area contributed by atoms with Gasteiger partial charge in [0.15, 0.2) is 0 Å². The first-order chi connectivity index (χ1) is 22.3. The molecule has 1 heteroatoms. The van der Waals surface area contributed by atoms with E-state index in [9.17, 15) is 0 Å². The van der Waals surface area contributed by atoms with Crippen LogP contribution in [0, 0.1) is 0 Å². The van der Waals surface area contributed by atoms with Gasteiger partial charge in [-0.1, -0.05) is 140 Å². The van der Waals surface area contributed by atoms with Crippen LogP contribution in [0.3, 0.4) is 0 Å². The standard InChI is InChI=1S/C44H27N/c1-3-12-28(13-4-1)33-25-24-32(27-38(33)29-14-5-2-6-15-29)45-40-23-11-22-36-35-20-9-17-30-18-10-21-37(41(30)35)39-26-31-16-7-8-19-34(31)44(45)43(39)42(36)40/h1-27H. The van der Waals surface area contributed by atoms with Gasteiger partial charge >= 0.3 is 0 Å². The zero-order valence-electron chi connectivity index (χ0n) is 24.5. The average molecular weight is 570 g/mol. The van der Waals surface area contributed by atoms with Gasteiger partial charge in [0.2, 0.25) is 0 Å². The number of fused-ring (bicyclic) bond motifs is 4. The van der Waals surface area contributed by atoms with E-state index in [2.05, 4.69) is 168 Å². The Morgan fingerprint density at radius 1 is 0.333 bits per heavy atom. The number of hydrogen-bond donors (Lipinski definition) is 0. The van der Waals surface area contributed by atoms with Gasteiger partial charge < -0.3 is 4.57 Å². The molecule has 0 fully saturated rings. The Balaban J connectivity index is 1.39. The van der Waals surface area contributed by atoms with E-state index in [1.54, 1.807) is 0 Å². The van der Waals surface area contributed by atoms with Crippen molar-refractivity contribution in [1.29, 1.82) is 0 Å². The smallest absolute Gasteiger partial charge is 0.0625 e. The van der Waals surface area contributed by atoms with Crippen molar-refractivity contribution in [2.24, 2.45) is 0 Å². The molecule has 45 heavy (non-hydrogen) atoms. The molecular formula is C44H27N. The first kappa shape index (κ1) is 24.5. The number of aromatic nitrogens is 1. The average Bonchev–Trinajstić information content (AvgIpc) is 3.41. The summed E-state index contributed by atoms with van der Waals surface area (Å²) in [6, 6.07) is 60.2. The molecule has 0 saturated heterocycles. The summed E-state index contributed by atoms with van der Waals surface area (Å²) < 4.78 is 2.52. The maximum absolute atomic E-state index is 2.52. The van der Waals surface area contributed by atoms with Gasteiger partial charge in [0.1, 0.15) is 0 Å². The van der Waals surface area contributed by atoms with Crippen molar-refractivity contribution in [3.63, 3.8) is 0 Å². The lowest BCUT2D eigenvalue weighted by Crippen LogP contribution is -1.97. The van der Waals surface area contributed by atoms with Gasteiger partial charge in [-0.3, -0.25) is 0 Å². The number of rotatable bonds is 3. The summed E-state index contributed by atoms with van der Waals surface area (Å²) in [7, 11) is 0. The second kappa shape index (κ2) is 9.29. The minimum absolute atomic E-state index is 1.17. The van der Waals surface area contributed by atoms with E-state index in [4.69, 9.17) is 0 Å². The van der Waals surface area contributed by atoms with Crippen LogP contribution in [-0.2, 0) is 0 Å². The summed E-state index contributed by atoms with van der Waals surface area (Å²) in [6.07, 6.45) is 0. The number of hydrogen-bond acceptors (Lipinski definition) is 0. The van der Waals surface area contributed by atoms with E-state index in [1.165, 1.54) is 93.5 Å². The van der Waals surface area contributed by atoms with Crippen LogP contribution in [0.4, 0.5) is 0 Å². The molecule has 0 radical (unpaired) electrons. The lowest BCUT2D eigenvalue weighted by Gasteiger charge is -2.17. The fourth-order valence-electron chi connectivity index (χ4n) is 7.82. The van der Waals surface area contributed by atoms with Crippen LogP contribution in [-0.4, -0.2) is 4.57 Å². The van der Waals surface area contributed by atoms with Crippen LogP contribution >= 0.6 is 0 Å². The highest BCUT2D eigenvalue weighted by molar-refractivity contribution is 6.31. The molecule has 0 unspecified atom stereocenters. The normalized spacial score (nSPS) is 12.0. The highest BCUT2D eigenvalue weighted by atomic mass is 15.0. The van der Waals surface area contributed by atoms with Crippen molar-refractivity contribution in [3.05, 3.63) is 164 Å². The lowest BCUT2D eigenvalue weighted by atomic mass is 9.92. The maximum atomic E-state index is 2.52. The zero-order valence-corrected chi connectivity index (χ0v) is 24.5. The van der Waals surface area contributed by atoms with Gasteiger partial charge in [0.05, 0.1) is 11.0 Å². The zero-order chi connectivity index (χ0) is 29.5. The molecule has 0 aliphatic heterocycles. The monoisotopic (exact) mass is 569 g/mol. The van der Waals surface area contributed by atoms with Crippen LogP contribution in [0.25, 0.3) is 93.5 Å². The van der Waals surface area contributed by atoms with E-state index < -0.39 is 0 Å². The third kappa shape index (κ3) is 3.44. The Kier molecular flexibility index (Phi) is 5.06. The van der Waals surface area contributed by atoms with Crippen molar-refractivity contribution >= 4 is 43.4 Å². The molecule has 1 heterocycles. The van der Waals surface area contributed by atoms with Crippen molar-refractivity contribution in [3.8, 4) is 50.2 Å². The van der Waals surface area contributed by atoms with Gasteiger partial charge in [0, 0.05) is 21.8 Å². The summed E-state index contributed by atoms with van der Waals surface area (Å²) in [5.74, 6) is 0. The molecular weight excluding hydrogens is 542 g/mol. The molecule has 0 N–H and O–H groups in total. The van der Waals surface area contributed by atoms with Gasteiger partial charge in [-0.15, -0.1) is 0 Å². The topological polar surface area (TPSA) is 4.93 Å². The third-order valence-electron chi connectivity index (χ3n) is 9.69. The Hall–Kier alpha value is -5.92. The fraction of sp³-hybridized carbons (Fsp3) is 0. The molecule has 0 amide bonds. The molecule has 1 aliphatic carbocycles. The van der Waals surface area contributed by atoms with E-state index >= 15 is 0 Å². The predicted octanol–water partition coefficient (Wildman–Crippen LogP) is 12.1. The lowest BCUT2D eigenvalue weighted by molar-refractivity contribution is 1.19. The van der Waals surface area contributed by atoms with Crippen LogP contribution in [0.15, 0.2) is 164 Å². The molecule has 208 valence electrons. The Morgan fingerprint density at radius 3 is 1.69 bits per heavy atom. The molecule has 1 nitrogen and oxygen atoms in total. The summed E-state index contributed by atoms with van der Waals surface area (Å²) in [5, 5.41) is 7.80.